The number of carbonyl (C=O) groups is 1. The maximum atomic E-state index is 10.5. The van der Waals surface area contributed by atoms with Gasteiger partial charge in [-0.25, -0.2) is 5.48 Å². The number of rotatable bonds is 6. The predicted molar refractivity (Wildman–Crippen MR) is 66.3 cm³/mol. The molecule has 0 spiro atoms. The van der Waals surface area contributed by atoms with Gasteiger partial charge >= 0.3 is 0 Å². The molecule has 17 heavy (non-hydrogen) atoms. The quantitative estimate of drug-likeness (QED) is 0.643. The largest absolute Gasteiger partial charge is 0.493 e. The molecule has 1 aromatic carbocycles. The minimum Gasteiger partial charge on any atom is -0.493 e. The van der Waals surface area contributed by atoms with E-state index in [2.05, 4.69) is 5.48 Å². The fraction of sp³-hybridized carbons (Fsp3) is 0.364. The van der Waals surface area contributed by atoms with Crippen LogP contribution in [0.3, 0.4) is 0 Å². The molecule has 1 amide bonds. The first kappa shape index (κ1) is 14.1. The molecule has 0 fully saturated rings. The molecule has 1 N–H and O–H groups in total. The summed E-state index contributed by atoms with van der Waals surface area (Å²) in [5.74, 6) is 0.425. The Bertz CT molecular complexity index is 385. The van der Waals surface area contributed by atoms with Crippen LogP contribution in [0, 0.1) is 0 Å². The fourth-order valence-electron chi connectivity index (χ4n) is 1.04. The van der Waals surface area contributed by atoms with E-state index in [0.717, 1.165) is 0 Å². The Kier molecular flexibility index (Phi) is 6.11. The van der Waals surface area contributed by atoms with Crippen molar-refractivity contribution in [2.24, 2.45) is 0 Å². The van der Waals surface area contributed by atoms with Gasteiger partial charge in [-0.1, -0.05) is 23.2 Å². The molecule has 0 saturated heterocycles. The SMILES string of the molecule is CC(=O)NOCCCOc1ccc(Cl)c(Cl)c1. The van der Waals surface area contributed by atoms with Gasteiger partial charge in [-0.2, -0.15) is 0 Å². The number of ether oxygens (including phenoxy) is 1. The zero-order valence-electron chi connectivity index (χ0n) is 9.33. The Labute approximate surface area is 110 Å². The molecule has 1 aromatic rings. The molecular weight excluding hydrogens is 265 g/mol. The summed E-state index contributed by atoms with van der Waals surface area (Å²) in [5.41, 5.74) is 2.23. The van der Waals surface area contributed by atoms with Crippen molar-refractivity contribution in [1.29, 1.82) is 0 Å². The Morgan fingerprint density at radius 2 is 2.06 bits per heavy atom. The van der Waals surface area contributed by atoms with Gasteiger partial charge in [-0.3, -0.25) is 9.63 Å². The highest BCUT2D eigenvalue weighted by molar-refractivity contribution is 6.42. The summed E-state index contributed by atoms with van der Waals surface area (Å²) in [4.78, 5) is 15.3. The van der Waals surface area contributed by atoms with Gasteiger partial charge in [-0.05, 0) is 12.1 Å². The number of amides is 1. The molecule has 0 aliphatic rings. The second-order valence-electron chi connectivity index (χ2n) is 3.28. The number of hydrogen-bond acceptors (Lipinski definition) is 3. The van der Waals surface area contributed by atoms with Crippen molar-refractivity contribution in [2.45, 2.75) is 13.3 Å². The minimum absolute atomic E-state index is 0.226. The van der Waals surface area contributed by atoms with Crippen LogP contribution in [0.5, 0.6) is 5.75 Å². The highest BCUT2D eigenvalue weighted by Gasteiger charge is 2.00. The van der Waals surface area contributed by atoms with Gasteiger partial charge in [0.05, 0.1) is 23.3 Å². The molecule has 0 aliphatic carbocycles. The third-order valence-electron chi connectivity index (χ3n) is 1.77. The Morgan fingerprint density at radius 3 is 2.71 bits per heavy atom. The molecule has 94 valence electrons. The third kappa shape index (κ3) is 5.77. The predicted octanol–water partition coefficient (Wildman–Crippen LogP) is 2.83. The van der Waals surface area contributed by atoms with Gasteiger partial charge in [-0.15, -0.1) is 0 Å². The van der Waals surface area contributed by atoms with E-state index in [0.29, 0.717) is 35.4 Å². The lowest BCUT2D eigenvalue weighted by atomic mass is 10.3. The Hall–Kier alpha value is -0.970. The lowest BCUT2D eigenvalue weighted by Crippen LogP contribution is -2.21. The van der Waals surface area contributed by atoms with Crippen molar-refractivity contribution in [1.82, 2.24) is 5.48 Å². The smallest absolute Gasteiger partial charge is 0.240 e. The first-order valence-electron chi connectivity index (χ1n) is 5.06. The lowest BCUT2D eigenvalue weighted by molar-refractivity contribution is -0.131. The molecule has 0 bridgehead atoms. The Morgan fingerprint density at radius 1 is 1.29 bits per heavy atom. The van der Waals surface area contributed by atoms with Crippen LogP contribution in [0.15, 0.2) is 18.2 Å². The number of hydroxylamine groups is 1. The average Bonchev–Trinajstić information content (AvgIpc) is 2.27. The van der Waals surface area contributed by atoms with E-state index in [-0.39, 0.29) is 5.91 Å². The van der Waals surface area contributed by atoms with E-state index >= 15 is 0 Å². The van der Waals surface area contributed by atoms with Crippen LogP contribution in [0.4, 0.5) is 0 Å². The molecule has 6 heteroatoms. The maximum Gasteiger partial charge on any atom is 0.240 e. The molecule has 0 atom stereocenters. The third-order valence-corrected chi connectivity index (χ3v) is 2.51. The number of hydrogen-bond donors (Lipinski definition) is 1. The van der Waals surface area contributed by atoms with Crippen LogP contribution in [0.25, 0.3) is 0 Å². The minimum atomic E-state index is -0.226. The van der Waals surface area contributed by atoms with Crippen LogP contribution >= 0.6 is 23.2 Å². The van der Waals surface area contributed by atoms with Crippen LogP contribution in [-0.4, -0.2) is 19.1 Å². The summed E-state index contributed by atoms with van der Waals surface area (Å²) in [6.45, 7) is 2.24. The van der Waals surface area contributed by atoms with Crippen LogP contribution in [0.2, 0.25) is 10.0 Å². The molecule has 4 nitrogen and oxygen atoms in total. The topological polar surface area (TPSA) is 47.6 Å². The van der Waals surface area contributed by atoms with Crippen molar-refractivity contribution in [2.75, 3.05) is 13.2 Å². The van der Waals surface area contributed by atoms with E-state index in [4.69, 9.17) is 32.8 Å². The second-order valence-corrected chi connectivity index (χ2v) is 4.10. The number of carbonyl (C=O) groups excluding carboxylic acids is 1. The van der Waals surface area contributed by atoms with Crippen LogP contribution in [-0.2, 0) is 9.63 Å². The van der Waals surface area contributed by atoms with E-state index in [1.165, 1.54) is 6.92 Å². The number of benzene rings is 1. The summed E-state index contributed by atoms with van der Waals surface area (Å²) < 4.78 is 5.41. The molecule has 0 radical (unpaired) electrons. The van der Waals surface area contributed by atoms with E-state index in [1.54, 1.807) is 18.2 Å². The van der Waals surface area contributed by atoms with Gasteiger partial charge in [0.2, 0.25) is 5.91 Å². The van der Waals surface area contributed by atoms with Crippen LogP contribution in [0.1, 0.15) is 13.3 Å². The lowest BCUT2D eigenvalue weighted by Gasteiger charge is -2.07. The maximum absolute atomic E-state index is 10.5. The summed E-state index contributed by atoms with van der Waals surface area (Å²) in [7, 11) is 0. The molecule has 0 unspecified atom stereocenters. The monoisotopic (exact) mass is 277 g/mol. The van der Waals surface area contributed by atoms with Crippen molar-refractivity contribution in [3.63, 3.8) is 0 Å². The van der Waals surface area contributed by atoms with E-state index < -0.39 is 0 Å². The first-order chi connectivity index (χ1) is 8.09. The zero-order chi connectivity index (χ0) is 12.7. The molecule has 0 saturated carbocycles. The van der Waals surface area contributed by atoms with Gasteiger partial charge < -0.3 is 4.74 Å². The van der Waals surface area contributed by atoms with Crippen molar-refractivity contribution < 1.29 is 14.4 Å². The van der Waals surface area contributed by atoms with E-state index in [1.807, 2.05) is 0 Å². The highest BCUT2D eigenvalue weighted by atomic mass is 35.5. The number of nitrogens with one attached hydrogen (secondary N) is 1. The standard InChI is InChI=1S/C11H13Cl2NO3/c1-8(15)14-17-6-2-5-16-9-3-4-10(12)11(13)7-9/h3-4,7H,2,5-6H2,1H3,(H,14,15). The van der Waals surface area contributed by atoms with Crippen molar-refractivity contribution in [3.05, 3.63) is 28.2 Å². The summed E-state index contributed by atoms with van der Waals surface area (Å²) >= 11 is 11.6. The molecule has 0 heterocycles. The first-order valence-corrected chi connectivity index (χ1v) is 5.81. The average molecular weight is 278 g/mol. The number of halogens is 2. The van der Waals surface area contributed by atoms with Crippen molar-refractivity contribution in [3.8, 4) is 5.75 Å². The normalized spacial score (nSPS) is 10.1. The Balaban J connectivity index is 2.18. The summed E-state index contributed by atoms with van der Waals surface area (Å²) in [5, 5.41) is 0.951. The van der Waals surface area contributed by atoms with E-state index in [9.17, 15) is 4.79 Å². The zero-order valence-corrected chi connectivity index (χ0v) is 10.8. The van der Waals surface area contributed by atoms with Gasteiger partial charge in [0.1, 0.15) is 5.75 Å². The van der Waals surface area contributed by atoms with Crippen molar-refractivity contribution >= 4 is 29.1 Å². The fourth-order valence-corrected chi connectivity index (χ4v) is 1.33. The van der Waals surface area contributed by atoms with Crippen LogP contribution < -0.4 is 10.2 Å². The van der Waals surface area contributed by atoms with Gasteiger partial charge in [0, 0.05) is 19.4 Å². The molecule has 0 aromatic heterocycles. The summed E-state index contributed by atoms with van der Waals surface area (Å²) in [6.07, 6.45) is 0.653. The summed E-state index contributed by atoms with van der Waals surface area (Å²) in [6, 6.07) is 5.06. The molecule has 1 rings (SSSR count). The highest BCUT2D eigenvalue weighted by Crippen LogP contribution is 2.26. The van der Waals surface area contributed by atoms with Gasteiger partial charge in [0.25, 0.3) is 0 Å². The van der Waals surface area contributed by atoms with Gasteiger partial charge in [0.15, 0.2) is 0 Å². The molecular formula is C11H13Cl2NO3. The second kappa shape index (κ2) is 7.37. The molecule has 0 aliphatic heterocycles.